The van der Waals surface area contributed by atoms with Gasteiger partial charge in [-0.15, -0.1) is 11.3 Å². The van der Waals surface area contributed by atoms with Crippen molar-refractivity contribution in [3.63, 3.8) is 0 Å². The first-order chi connectivity index (χ1) is 12.2. The Labute approximate surface area is 153 Å². The predicted octanol–water partition coefficient (Wildman–Crippen LogP) is 3.35. The second-order valence-electron chi connectivity index (χ2n) is 6.68. The topological polar surface area (TPSA) is 49.8 Å². The molecule has 0 amide bonds. The number of hydrogen-bond acceptors (Lipinski definition) is 5. The van der Waals surface area contributed by atoms with Crippen molar-refractivity contribution in [2.75, 3.05) is 20.2 Å². The highest BCUT2D eigenvalue weighted by Crippen LogP contribution is 2.25. The van der Waals surface area contributed by atoms with Gasteiger partial charge in [0, 0.05) is 6.54 Å². The first-order valence-corrected chi connectivity index (χ1v) is 9.63. The second kappa shape index (κ2) is 8.61. The van der Waals surface area contributed by atoms with Crippen molar-refractivity contribution in [3.05, 3.63) is 57.8 Å². The van der Waals surface area contributed by atoms with Crippen molar-refractivity contribution in [1.82, 2.24) is 4.90 Å². The first-order valence-electron chi connectivity index (χ1n) is 8.76. The van der Waals surface area contributed by atoms with Gasteiger partial charge in [-0.1, -0.05) is 30.3 Å². The van der Waals surface area contributed by atoms with E-state index in [0.717, 1.165) is 44.5 Å². The molecule has 1 N–H and O–H groups in total. The zero-order valence-corrected chi connectivity index (χ0v) is 15.4. The normalized spacial score (nSPS) is 17.4. The van der Waals surface area contributed by atoms with Gasteiger partial charge >= 0.3 is 5.97 Å². The minimum atomic E-state index is -0.267. The number of carbonyl (C=O) groups is 1. The molecule has 0 aliphatic carbocycles. The Bertz CT molecular complexity index is 677. The molecule has 1 fully saturated rings. The van der Waals surface area contributed by atoms with Gasteiger partial charge in [-0.3, -0.25) is 4.90 Å². The smallest absolute Gasteiger partial charge is 0.348 e. The number of hydrogen-bond donors (Lipinski definition) is 1. The van der Waals surface area contributed by atoms with E-state index in [1.807, 2.05) is 29.6 Å². The molecule has 1 atom stereocenters. The Hall–Kier alpha value is -1.69. The number of thiophene rings is 1. The molecule has 2 heterocycles. The number of rotatable bonds is 6. The maximum Gasteiger partial charge on any atom is 0.348 e. The van der Waals surface area contributed by atoms with Crippen LogP contribution in [0.25, 0.3) is 0 Å². The third-order valence-corrected chi connectivity index (χ3v) is 5.87. The summed E-state index contributed by atoms with van der Waals surface area (Å²) in [6.07, 6.45) is 2.50. The molecular formula is C20H25NO3S. The van der Waals surface area contributed by atoms with Crippen LogP contribution in [0, 0.1) is 5.92 Å². The molecule has 1 aliphatic heterocycles. The lowest BCUT2D eigenvalue weighted by Crippen LogP contribution is -2.38. The molecule has 5 heteroatoms. The van der Waals surface area contributed by atoms with Crippen LogP contribution in [0.4, 0.5) is 0 Å². The first kappa shape index (κ1) is 18.1. The van der Waals surface area contributed by atoms with Crippen LogP contribution in [0.1, 0.15) is 33.6 Å². The average Bonchev–Trinajstić information content (AvgIpc) is 3.11. The van der Waals surface area contributed by atoms with E-state index in [0.29, 0.717) is 10.8 Å². The fourth-order valence-electron chi connectivity index (χ4n) is 3.44. The van der Waals surface area contributed by atoms with Crippen molar-refractivity contribution in [2.45, 2.75) is 31.9 Å². The number of nitrogens with zero attached hydrogens (tertiary/aromatic N) is 1. The highest BCUT2D eigenvalue weighted by molar-refractivity contribution is 7.12. The summed E-state index contributed by atoms with van der Waals surface area (Å²) in [6.45, 7) is 2.83. The lowest BCUT2D eigenvalue weighted by molar-refractivity contribution is 0.0574. The van der Waals surface area contributed by atoms with Crippen molar-refractivity contribution in [1.29, 1.82) is 0 Å². The van der Waals surface area contributed by atoms with Crippen LogP contribution >= 0.6 is 11.3 Å². The van der Waals surface area contributed by atoms with Crippen LogP contribution in [-0.4, -0.2) is 42.3 Å². The van der Waals surface area contributed by atoms with E-state index in [4.69, 9.17) is 4.74 Å². The Morgan fingerprint density at radius 3 is 2.68 bits per heavy atom. The van der Waals surface area contributed by atoms with Gasteiger partial charge < -0.3 is 9.84 Å². The van der Waals surface area contributed by atoms with Gasteiger partial charge in [-0.25, -0.2) is 4.79 Å². The van der Waals surface area contributed by atoms with E-state index in [1.165, 1.54) is 24.0 Å². The minimum absolute atomic E-state index is 0.265. The largest absolute Gasteiger partial charge is 0.465 e. The zero-order valence-electron chi connectivity index (χ0n) is 14.6. The Morgan fingerprint density at radius 2 is 2.00 bits per heavy atom. The van der Waals surface area contributed by atoms with Crippen LogP contribution in [0.2, 0.25) is 0 Å². The highest BCUT2D eigenvalue weighted by Gasteiger charge is 2.25. The number of esters is 1. The molecule has 4 nitrogen and oxygen atoms in total. The van der Waals surface area contributed by atoms with Crippen LogP contribution in [0.3, 0.4) is 0 Å². The molecule has 1 aromatic carbocycles. The summed E-state index contributed by atoms with van der Waals surface area (Å²) in [6, 6.07) is 12.1. The summed E-state index contributed by atoms with van der Waals surface area (Å²) in [4.78, 5) is 14.6. The van der Waals surface area contributed by atoms with E-state index in [1.54, 1.807) is 0 Å². The van der Waals surface area contributed by atoms with Crippen LogP contribution in [0.5, 0.6) is 0 Å². The molecule has 1 aliphatic rings. The van der Waals surface area contributed by atoms with Crippen LogP contribution in [-0.2, 0) is 17.7 Å². The molecule has 1 unspecified atom stereocenters. The summed E-state index contributed by atoms with van der Waals surface area (Å²) < 4.78 is 4.76. The molecule has 134 valence electrons. The summed E-state index contributed by atoms with van der Waals surface area (Å²) >= 11 is 1.44. The van der Waals surface area contributed by atoms with E-state index in [2.05, 4.69) is 17.0 Å². The zero-order chi connectivity index (χ0) is 17.6. The Morgan fingerprint density at radius 1 is 1.28 bits per heavy atom. The monoisotopic (exact) mass is 359 g/mol. The number of methoxy groups -OCH3 is 1. The molecule has 0 radical (unpaired) electrons. The highest BCUT2D eigenvalue weighted by atomic mass is 32.1. The average molecular weight is 359 g/mol. The molecule has 0 saturated carbocycles. The van der Waals surface area contributed by atoms with Crippen molar-refractivity contribution >= 4 is 17.3 Å². The van der Waals surface area contributed by atoms with E-state index in [9.17, 15) is 9.90 Å². The van der Waals surface area contributed by atoms with Gasteiger partial charge in [0.05, 0.1) is 13.2 Å². The quantitative estimate of drug-likeness (QED) is 0.804. The summed E-state index contributed by atoms with van der Waals surface area (Å²) in [5, 5.41) is 12.6. The van der Waals surface area contributed by atoms with Gasteiger partial charge in [0.1, 0.15) is 4.88 Å². The molecule has 3 rings (SSSR count). The number of aliphatic hydroxyl groups excluding tert-OH is 1. The fourth-order valence-corrected chi connectivity index (χ4v) is 4.26. The lowest BCUT2D eigenvalue weighted by Gasteiger charge is -2.34. The minimum Gasteiger partial charge on any atom is -0.465 e. The predicted molar refractivity (Wildman–Crippen MR) is 99.8 cm³/mol. The Balaban J connectivity index is 1.47. The van der Waals surface area contributed by atoms with Crippen LogP contribution < -0.4 is 0 Å². The standard InChI is InChI=1S/C20H25NO3S/c1-24-20(23)19-12-16(14-25-19)13-21-9-7-17(8-10-21)18(22)11-15-5-3-2-4-6-15/h2-6,12,14,17-18,22H,7-11,13H2,1H3. The third kappa shape index (κ3) is 4.91. The lowest BCUT2D eigenvalue weighted by atomic mass is 9.88. The summed E-state index contributed by atoms with van der Waals surface area (Å²) in [5.74, 6) is 0.101. The summed E-state index contributed by atoms with van der Waals surface area (Å²) in [5.41, 5.74) is 2.36. The SMILES string of the molecule is COC(=O)c1cc(CN2CCC(C(O)Cc3ccccc3)CC2)cs1. The number of aliphatic hydroxyl groups is 1. The van der Waals surface area contributed by atoms with Gasteiger partial charge in [-0.2, -0.15) is 0 Å². The number of carbonyl (C=O) groups excluding carboxylic acids is 1. The van der Waals surface area contributed by atoms with Crippen molar-refractivity contribution < 1.29 is 14.6 Å². The maximum atomic E-state index is 11.5. The maximum absolute atomic E-state index is 11.5. The molecule has 1 aromatic heterocycles. The molecular weight excluding hydrogens is 334 g/mol. The number of likely N-dealkylation sites (tertiary alicyclic amines) is 1. The second-order valence-corrected chi connectivity index (χ2v) is 7.59. The van der Waals surface area contributed by atoms with E-state index >= 15 is 0 Å². The molecule has 1 saturated heterocycles. The summed E-state index contributed by atoms with van der Waals surface area (Å²) in [7, 11) is 1.41. The molecule has 25 heavy (non-hydrogen) atoms. The van der Waals surface area contributed by atoms with Crippen molar-refractivity contribution in [3.8, 4) is 0 Å². The number of benzene rings is 1. The van der Waals surface area contributed by atoms with E-state index < -0.39 is 0 Å². The molecule has 0 spiro atoms. The Kier molecular flexibility index (Phi) is 6.24. The molecule has 0 bridgehead atoms. The van der Waals surface area contributed by atoms with Gasteiger partial charge in [0.15, 0.2) is 0 Å². The van der Waals surface area contributed by atoms with Gasteiger partial charge in [0.25, 0.3) is 0 Å². The van der Waals surface area contributed by atoms with E-state index in [-0.39, 0.29) is 12.1 Å². The molecule has 2 aromatic rings. The van der Waals surface area contributed by atoms with Gasteiger partial charge in [0.2, 0.25) is 0 Å². The number of ether oxygens (including phenoxy) is 1. The van der Waals surface area contributed by atoms with Crippen LogP contribution in [0.15, 0.2) is 41.8 Å². The van der Waals surface area contributed by atoms with Crippen molar-refractivity contribution in [2.24, 2.45) is 5.92 Å². The number of piperidine rings is 1. The third-order valence-electron chi connectivity index (χ3n) is 4.91. The van der Waals surface area contributed by atoms with Gasteiger partial charge in [-0.05, 0) is 60.8 Å². The fraction of sp³-hybridized carbons (Fsp3) is 0.450.